The first-order valence-corrected chi connectivity index (χ1v) is 7.85. The molecular formula is C13H10BrFN2O3S. The maximum absolute atomic E-state index is 13.3. The molecule has 0 aliphatic rings. The summed E-state index contributed by atoms with van der Waals surface area (Å²) in [5.74, 6) is -0.756. The molecule has 1 atom stereocenters. The van der Waals surface area contributed by atoms with E-state index in [-0.39, 0.29) is 11.4 Å². The summed E-state index contributed by atoms with van der Waals surface area (Å²) in [4.78, 5) is 10.5. The monoisotopic (exact) mass is 372 g/mol. The molecule has 110 valence electrons. The Bertz CT molecular complexity index is 739. The first-order valence-electron chi connectivity index (χ1n) is 5.74. The zero-order chi connectivity index (χ0) is 15.6. The van der Waals surface area contributed by atoms with Gasteiger partial charge in [-0.05, 0) is 45.8 Å². The summed E-state index contributed by atoms with van der Waals surface area (Å²) >= 11 is 3.26. The average molecular weight is 373 g/mol. The number of nitro benzene ring substituents is 1. The molecule has 0 aliphatic heterocycles. The highest BCUT2D eigenvalue weighted by Crippen LogP contribution is 2.26. The molecule has 0 aliphatic carbocycles. The molecule has 0 aromatic heterocycles. The number of hydrogen-bond acceptors (Lipinski definition) is 4. The van der Waals surface area contributed by atoms with Gasteiger partial charge in [0.05, 0.1) is 32.4 Å². The van der Waals surface area contributed by atoms with Crippen molar-refractivity contribution in [3.8, 4) is 0 Å². The van der Waals surface area contributed by atoms with Gasteiger partial charge in [0.25, 0.3) is 5.69 Å². The molecule has 0 spiro atoms. The Balaban J connectivity index is 2.29. The second kappa shape index (κ2) is 6.31. The van der Waals surface area contributed by atoms with Crippen molar-refractivity contribution in [2.75, 3.05) is 5.73 Å². The molecule has 8 heteroatoms. The van der Waals surface area contributed by atoms with E-state index in [0.29, 0.717) is 20.6 Å². The predicted molar refractivity (Wildman–Crippen MR) is 81.7 cm³/mol. The van der Waals surface area contributed by atoms with Crippen molar-refractivity contribution < 1.29 is 13.5 Å². The van der Waals surface area contributed by atoms with Crippen LogP contribution in [0.15, 0.2) is 45.8 Å². The molecule has 0 radical (unpaired) electrons. The minimum absolute atomic E-state index is 0.0267. The van der Waals surface area contributed by atoms with Gasteiger partial charge in [-0.3, -0.25) is 14.3 Å². The number of non-ortho nitro benzene ring substituents is 1. The molecule has 1 unspecified atom stereocenters. The van der Waals surface area contributed by atoms with E-state index in [0.717, 1.165) is 12.1 Å². The number of nitrogen functional groups attached to an aromatic ring is 1. The van der Waals surface area contributed by atoms with Gasteiger partial charge in [-0.15, -0.1) is 0 Å². The number of nitrogens with zero attached hydrogens (tertiary/aromatic N) is 1. The molecule has 2 rings (SSSR count). The van der Waals surface area contributed by atoms with Crippen molar-refractivity contribution in [3.63, 3.8) is 0 Å². The molecule has 2 aromatic rings. The fraction of sp³-hybridized carbons (Fsp3) is 0.0769. The normalized spacial score (nSPS) is 12.1. The van der Waals surface area contributed by atoms with Crippen LogP contribution in [0.5, 0.6) is 0 Å². The number of hydrogen-bond donors (Lipinski definition) is 1. The van der Waals surface area contributed by atoms with E-state index in [4.69, 9.17) is 5.73 Å². The summed E-state index contributed by atoms with van der Waals surface area (Å²) in [6.45, 7) is 0. The van der Waals surface area contributed by atoms with E-state index < -0.39 is 21.5 Å². The van der Waals surface area contributed by atoms with Gasteiger partial charge in [0.2, 0.25) is 0 Å². The number of halogens is 2. The van der Waals surface area contributed by atoms with E-state index in [1.165, 1.54) is 6.07 Å². The van der Waals surface area contributed by atoms with Crippen LogP contribution in [0.3, 0.4) is 0 Å². The standard InChI is InChI=1S/C13H10BrFN2O3S/c14-12-6-10(16)1-2-13(12)21(20)7-8-3-9(15)5-11(4-8)17(18)19/h1-6H,7,16H2. The molecule has 21 heavy (non-hydrogen) atoms. The van der Waals surface area contributed by atoms with E-state index >= 15 is 0 Å². The van der Waals surface area contributed by atoms with Crippen LogP contribution in [0, 0.1) is 15.9 Å². The second-order valence-corrected chi connectivity index (χ2v) is 6.53. The van der Waals surface area contributed by atoms with Gasteiger partial charge in [-0.2, -0.15) is 0 Å². The van der Waals surface area contributed by atoms with Gasteiger partial charge in [0, 0.05) is 16.2 Å². The third-order valence-electron chi connectivity index (χ3n) is 2.65. The predicted octanol–water partition coefficient (Wildman–Crippen LogP) is 3.39. The van der Waals surface area contributed by atoms with Gasteiger partial charge in [0.1, 0.15) is 5.82 Å². The fourth-order valence-corrected chi connectivity index (χ4v) is 3.81. The molecule has 0 heterocycles. The lowest BCUT2D eigenvalue weighted by molar-refractivity contribution is -0.385. The SMILES string of the molecule is Nc1ccc(S(=O)Cc2cc(F)cc([N+](=O)[O-])c2)c(Br)c1. The number of nitro groups is 1. The van der Waals surface area contributed by atoms with Crippen molar-refractivity contribution in [2.24, 2.45) is 0 Å². The van der Waals surface area contributed by atoms with Crippen LogP contribution in [0.1, 0.15) is 5.56 Å². The number of benzene rings is 2. The smallest absolute Gasteiger partial charge is 0.272 e. The van der Waals surface area contributed by atoms with Crippen LogP contribution < -0.4 is 5.73 Å². The summed E-state index contributed by atoms with van der Waals surface area (Å²) in [6.07, 6.45) is 0. The van der Waals surface area contributed by atoms with Gasteiger partial charge in [-0.25, -0.2) is 4.39 Å². The summed E-state index contributed by atoms with van der Waals surface area (Å²) in [5, 5.41) is 10.7. The summed E-state index contributed by atoms with van der Waals surface area (Å²) in [7, 11) is -1.48. The Morgan fingerprint density at radius 2 is 2.00 bits per heavy atom. The van der Waals surface area contributed by atoms with Crippen LogP contribution in [0.25, 0.3) is 0 Å². The van der Waals surface area contributed by atoms with Crippen LogP contribution in [-0.2, 0) is 16.6 Å². The number of rotatable bonds is 4. The van der Waals surface area contributed by atoms with Gasteiger partial charge in [-0.1, -0.05) is 0 Å². The van der Waals surface area contributed by atoms with Crippen molar-refractivity contribution in [1.29, 1.82) is 0 Å². The Labute approximate surface area is 130 Å². The zero-order valence-corrected chi connectivity index (χ0v) is 13.0. The lowest BCUT2D eigenvalue weighted by Crippen LogP contribution is -2.00. The maximum Gasteiger partial charge on any atom is 0.272 e. The highest BCUT2D eigenvalue weighted by Gasteiger charge is 2.14. The minimum Gasteiger partial charge on any atom is -0.399 e. The van der Waals surface area contributed by atoms with Crippen LogP contribution in [0.4, 0.5) is 15.8 Å². The molecule has 2 N–H and O–H groups in total. The van der Waals surface area contributed by atoms with E-state index in [9.17, 15) is 18.7 Å². The highest BCUT2D eigenvalue weighted by molar-refractivity contribution is 9.10. The quantitative estimate of drug-likeness (QED) is 0.506. The molecule has 0 fully saturated rings. The van der Waals surface area contributed by atoms with Crippen molar-refractivity contribution >= 4 is 38.1 Å². The van der Waals surface area contributed by atoms with Crippen molar-refractivity contribution in [2.45, 2.75) is 10.6 Å². The summed E-state index contributed by atoms with van der Waals surface area (Å²) < 4.78 is 26.2. The van der Waals surface area contributed by atoms with Gasteiger partial charge < -0.3 is 5.73 Å². The topological polar surface area (TPSA) is 86.2 Å². The lowest BCUT2D eigenvalue weighted by atomic mass is 10.2. The van der Waals surface area contributed by atoms with E-state index in [1.807, 2.05) is 0 Å². The Morgan fingerprint density at radius 3 is 2.62 bits per heavy atom. The molecule has 0 saturated carbocycles. The highest BCUT2D eigenvalue weighted by atomic mass is 79.9. The minimum atomic E-state index is -1.48. The van der Waals surface area contributed by atoms with Crippen LogP contribution in [-0.4, -0.2) is 9.13 Å². The molecule has 2 aromatic carbocycles. The average Bonchev–Trinajstić information content (AvgIpc) is 2.37. The third kappa shape index (κ3) is 3.85. The first kappa shape index (κ1) is 15.6. The maximum atomic E-state index is 13.3. The number of anilines is 1. The third-order valence-corrected chi connectivity index (χ3v) is 5.01. The molecule has 5 nitrogen and oxygen atoms in total. The van der Waals surface area contributed by atoms with E-state index in [1.54, 1.807) is 18.2 Å². The molecule has 0 bridgehead atoms. The Morgan fingerprint density at radius 1 is 1.29 bits per heavy atom. The Hall–Kier alpha value is -1.80. The van der Waals surface area contributed by atoms with Gasteiger partial charge in [0.15, 0.2) is 0 Å². The molecular weight excluding hydrogens is 363 g/mol. The summed E-state index contributed by atoms with van der Waals surface area (Å²) in [6, 6.07) is 7.99. The van der Waals surface area contributed by atoms with Crippen LogP contribution in [0.2, 0.25) is 0 Å². The molecule has 0 saturated heterocycles. The van der Waals surface area contributed by atoms with Gasteiger partial charge >= 0.3 is 0 Å². The van der Waals surface area contributed by atoms with Crippen molar-refractivity contribution in [1.82, 2.24) is 0 Å². The lowest BCUT2D eigenvalue weighted by Gasteiger charge is -2.06. The van der Waals surface area contributed by atoms with Crippen LogP contribution >= 0.6 is 15.9 Å². The number of nitrogens with two attached hydrogens (primary N) is 1. The zero-order valence-electron chi connectivity index (χ0n) is 10.6. The largest absolute Gasteiger partial charge is 0.399 e. The fourth-order valence-electron chi connectivity index (χ4n) is 1.75. The Kier molecular flexibility index (Phi) is 4.69. The van der Waals surface area contributed by atoms with Crippen molar-refractivity contribution in [3.05, 3.63) is 62.4 Å². The first-order chi connectivity index (χ1) is 9.86. The second-order valence-electron chi connectivity index (χ2n) is 4.25. The van der Waals surface area contributed by atoms with E-state index in [2.05, 4.69) is 15.9 Å². The summed E-state index contributed by atoms with van der Waals surface area (Å²) in [5.41, 5.74) is 6.05. The molecule has 0 amide bonds.